The van der Waals surface area contributed by atoms with Gasteiger partial charge in [0.05, 0.1) is 0 Å². The summed E-state index contributed by atoms with van der Waals surface area (Å²) in [4.78, 5) is 14.0. The van der Waals surface area contributed by atoms with Crippen LogP contribution in [0.1, 0.15) is 25.7 Å². The summed E-state index contributed by atoms with van der Waals surface area (Å²) in [5.74, 6) is 0.316. The van der Waals surface area contributed by atoms with E-state index < -0.39 is 0 Å². The first-order chi connectivity index (χ1) is 6.34. The second-order valence-electron chi connectivity index (χ2n) is 3.23. The Morgan fingerprint density at radius 1 is 1.54 bits per heavy atom. The number of nitrogens with zero attached hydrogens (tertiary/aromatic N) is 3. The number of carbonyl (C=O) groups is 1. The second-order valence-corrected chi connectivity index (χ2v) is 3.23. The fraction of sp³-hybridized carbons (Fsp3) is 0.875. The van der Waals surface area contributed by atoms with Crippen molar-refractivity contribution < 1.29 is 4.79 Å². The number of hydrogen-bond donors (Lipinski definition) is 1. The fourth-order valence-corrected chi connectivity index (χ4v) is 1.61. The van der Waals surface area contributed by atoms with Crippen molar-refractivity contribution in [1.82, 2.24) is 5.32 Å². The lowest BCUT2D eigenvalue weighted by molar-refractivity contribution is -0.124. The van der Waals surface area contributed by atoms with E-state index in [0.29, 0.717) is 13.1 Å². The molecule has 5 nitrogen and oxygen atoms in total. The normalized spacial score (nSPS) is 16.6. The zero-order valence-electron chi connectivity index (χ0n) is 7.57. The van der Waals surface area contributed by atoms with E-state index in [1.165, 1.54) is 0 Å². The van der Waals surface area contributed by atoms with Crippen LogP contribution in [-0.4, -0.2) is 19.0 Å². The van der Waals surface area contributed by atoms with Crippen LogP contribution < -0.4 is 5.32 Å². The SMILES string of the molecule is [N-]=[N+]=NCCNC(=O)C1CCCC1. The Hall–Kier alpha value is -1.22. The number of nitrogens with one attached hydrogen (secondary N) is 1. The molecule has 72 valence electrons. The molecular weight excluding hydrogens is 168 g/mol. The fourth-order valence-electron chi connectivity index (χ4n) is 1.61. The van der Waals surface area contributed by atoms with Gasteiger partial charge >= 0.3 is 0 Å². The van der Waals surface area contributed by atoms with Gasteiger partial charge in [-0.3, -0.25) is 4.79 Å². The molecule has 1 saturated carbocycles. The van der Waals surface area contributed by atoms with Gasteiger partial charge in [-0.1, -0.05) is 18.0 Å². The molecule has 0 spiro atoms. The molecule has 0 aromatic heterocycles. The minimum Gasteiger partial charge on any atom is -0.356 e. The molecule has 0 radical (unpaired) electrons. The number of hydrogen-bond acceptors (Lipinski definition) is 2. The third-order valence-electron chi connectivity index (χ3n) is 2.30. The minimum atomic E-state index is 0.116. The van der Waals surface area contributed by atoms with Gasteiger partial charge in [0.15, 0.2) is 0 Å². The zero-order valence-corrected chi connectivity index (χ0v) is 7.57. The van der Waals surface area contributed by atoms with Gasteiger partial charge in [-0.15, -0.1) is 0 Å². The maximum atomic E-state index is 11.4. The Bertz CT molecular complexity index is 216. The molecule has 0 atom stereocenters. The molecule has 0 heterocycles. The van der Waals surface area contributed by atoms with E-state index in [-0.39, 0.29) is 11.8 Å². The highest BCUT2D eigenvalue weighted by Gasteiger charge is 2.21. The smallest absolute Gasteiger partial charge is 0.223 e. The summed E-state index contributed by atoms with van der Waals surface area (Å²) in [5, 5.41) is 6.09. The molecule has 1 rings (SSSR count). The minimum absolute atomic E-state index is 0.116. The van der Waals surface area contributed by atoms with Gasteiger partial charge in [0.1, 0.15) is 0 Å². The molecule has 0 aromatic carbocycles. The first kappa shape index (κ1) is 9.86. The van der Waals surface area contributed by atoms with Crippen LogP contribution in [0.3, 0.4) is 0 Å². The highest BCUT2D eigenvalue weighted by Crippen LogP contribution is 2.24. The van der Waals surface area contributed by atoms with E-state index >= 15 is 0 Å². The summed E-state index contributed by atoms with van der Waals surface area (Å²) in [6.07, 6.45) is 4.34. The second kappa shape index (κ2) is 5.43. The molecule has 1 aliphatic rings. The van der Waals surface area contributed by atoms with E-state index in [1.54, 1.807) is 0 Å². The van der Waals surface area contributed by atoms with Crippen LogP contribution in [-0.2, 0) is 4.79 Å². The summed E-state index contributed by atoms with van der Waals surface area (Å²) in [6, 6.07) is 0. The average Bonchev–Trinajstić information content (AvgIpc) is 2.65. The predicted octanol–water partition coefficient (Wildman–Crippen LogP) is 1.60. The van der Waals surface area contributed by atoms with Crippen LogP contribution in [0.4, 0.5) is 0 Å². The van der Waals surface area contributed by atoms with Crippen LogP contribution in [0.15, 0.2) is 5.11 Å². The largest absolute Gasteiger partial charge is 0.356 e. The van der Waals surface area contributed by atoms with E-state index in [2.05, 4.69) is 15.3 Å². The number of carbonyl (C=O) groups excluding carboxylic acids is 1. The van der Waals surface area contributed by atoms with Crippen molar-refractivity contribution in [3.05, 3.63) is 10.4 Å². The van der Waals surface area contributed by atoms with Crippen LogP contribution in [0.5, 0.6) is 0 Å². The van der Waals surface area contributed by atoms with Gasteiger partial charge in [0, 0.05) is 23.9 Å². The number of amides is 1. The molecule has 5 heteroatoms. The van der Waals surface area contributed by atoms with Crippen LogP contribution >= 0.6 is 0 Å². The van der Waals surface area contributed by atoms with Crippen LogP contribution in [0.25, 0.3) is 10.4 Å². The highest BCUT2D eigenvalue weighted by molar-refractivity contribution is 5.78. The van der Waals surface area contributed by atoms with Crippen molar-refractivity contribution in [2.24, 2.45) is 11.0 Å². The van der Waals surface area contributed by atoms with Crippen molar-refractivity contribution in [2.45, 2.75) is 25.7 Å². The van der Waals surface area contributed by atoms with E-state index in [4.69, 9.17) is 5.53 Å². The number of rotatable bonds is 4. The van der Waals surface area contributed by atoms with Crippen molar-refractivity contribution in [3.8, 4) is 0 Å². The Morgan fingerprint density at radius 3 is 2.85 bits per heavy atom. The zero-order chi connectivity index (χ0) is 9.52. The summed E-state index contributed by atoms with van der Waals surface area (Å²) < 4.78 is 0. The monoisotopic (exact) mass is 182 g/mol. The molecule has 0 aromatic rings. The maximum absolute atomic E-state index is 11.4. The van der Waals surface area contributed by atoms with Gasteiger partial charge in [0.25, 0.3) is 0 Å². The van der Waals surface area contributed by atoms with E-state index in [0.717, 1.165) is 25.7 Å². The quantitative estimate of drug-likeness (QED) is 0.305. The molecule has 13 heavy (non-hydrogen) atoms. The van der Waals surface area contributed by atoms with Crippen molar-refractivity contribution >= 4 is 5.91 Å². The van der Waals surface area contributed by atoms with Crippen LogP contribution in [0.2, 0.25) is 0 Å². The van der Waals surface area contributed by atoms with Crippen molar-refractivity contribution in [1.29, 1.82) is 0 Å². The molecule has 0 bridgehead atoms. The van der Waals surface area contributed by atoms with Gasteiger partial charge in [-0.05, 0) is 18.4 Å². The van der Waals surface area contributed by atoms with E-state index in [9.17, 15) is 4.79 Å². The number of azide groups is 1. The lowest BCUT2D eigenvalue weighted by Gasteiger charge is -2.08. The van der Waals surface area contributed by atoms with Crippen molar-refractivity contribution in [2.75, 3.05) is 13.1 Å². The first-order valence-corrected chi connectivity index (χ1v) is 4.63. The Kier molecular flexibility index (Phi) is 4.12. The first-order valence-electron chi connectivity index (χ1n) is 4.63. The summed E-state index contributed by atoms with van der Waals surface area (Å²) in [5.41, 5.74) is 7.99. The van der Waals surface area contributed by atoms with Gasteiger partial charge in [0.2, 0.25) is 5.91 Å². The predicted molar refractivity (Wildman–Crippen MR) is 49.0 cm³/mol. The molecule has 0 saturated heterocycles. The van der Waals surface area contributed by atoms with Crippen LogP contribution in [0, 0.1) is 5.92 Å². The summed E-state index contributed by atoms with van der Waals surface area (Å²) >= 11 is 0. The third kappa shape index (κ3) is 3.34. The molecule has 0 aliphatic heterocycles. The standard InChI is InChI=1S/C8H14N4O/c9-12-11-6-5-10-8(13)7-3-1-2-4-7/h7H,1-6H2,(H,10,13). The molecular formula is C8H14N4O. The molecule has 0 unspecified atom stereocenters. The van der Waals surface area contributed by atoms with Gasteiger partial charge < -0.3 is 5.32 Å². The Labute approximate surface area is 77.1 Å². The average molecular weight is 182 g/mol. The topological polar surface area (TPSA) is 77.9 Å². The van der Waals surface area contributed by atoms with Gasteiger partial charge in [-0.25, -0.2) is 0 Å². The van der Waals surface area contributed by atoms with E-state index in [1.807, 2.05) is 0 Å². The summed E-state index contributed by atoms with van der Waals surface area (Å²) in [7, 11) is 0. The molecule has 1 fully saturated rings. The lowest BCUT2D eigenvalue weighted by Crippen LogP contribution is -2.31. The van der Waals surface area contributed by atoms with Crippen molar-refractivity contribution in [3.63, 3.8) is 0 Å². The molecule has 1 amide bonds. The molecule has 1 N–H and O–H groups in total. The molecule has 1 aliphatic carbocycles. The maximum Gasteiger partial charge on any atom is 0.223 e. The Morgan fingerprint density at radius 2 is 2.23 bits per heavy atom. The Balaban J connectivity index is 2.13. The lowest BCUT2D eigenvalue weighted by atomic mass is 10.1. The highest BCUT2D eigenvalue weighted by atomic mass is 16.1. The van der Waals surface area contributed by atoms with Gasteiger partial charge in [-0.2, -0.15) is 0 Å². The summed E-state index contributed by atoms with van der Waals surface area (Å²) in [6.45, 7) is 0.800. The third-order valence-corrected chi connectivity index (χ3v) is 2.30.